The van der Waals surface area contributed by atoms with Crippen LogP contribution in [0.2, 0.25) is 0 Å². The Hall–Kier alpha value is -1.65. The van der Waals surface area contributed by atoms with Crippen molar-refractivity contribution < 1.29 is 28.9 Å². The van der Waals surface area contributed by atoms with E-state index in [4.69, 9.17) is 14.2 Å². The number of hydrogen-bond acceptors (Lipinski definition) is 7. The van der Waals surface area contributed by atoms with E-state index in [1.807, 2.05) is 27.7 Å². The van der Waals surface area contributed by atoms with Crippen LogP contribution < -0.4 is 0 Å². The minimum atomic E-state index is -1.14. The van der Waals surface area contributed by atoms with Crippen LogP contribution in [0, 0.1) is 45.3 Å². The molecule has 7 heteroatoms. The number of fused-ring (bicyclic) bond motifs is 1. The number of hydrogen-bond donors (Lipinski definition) is 1. The minimum absolute atomic E-state index is 0.0118. The van der Waals surface area contributed by atoms with Gasteiger partial charge in [-0.1, -0.05) is 34.6 Å². The van der Waals surface area contributed by atoms with E-state index >= 15 is 0 Å². The zero-order chi connectivity index (χ0) is 21.8. The predicted octanol–water partition coefficient (Wildman–Crippen LogP) is 2.81. The number of nitriles is 1. The van der Waals surface area contributed by atoms with Gasteiger partial charge in [0.25, 0.3) is 0 Å². The van der Waals surface area contributed by atoms with Gasteiger partial charge in [0.15, 0.2) is 12.9 Å². The maximum Gasteiger partial charge on any atom is 0.344 e. The summed E-state index contributed by atoms with van der Waals surface area (Å²) in [7, 11) is 0. The van der Waals surface area contributed by atoms with Crippen LogP contribution in [0.15, 0.2) is 0 Å². The van der Waals surface area contributed by atoms with Crippen molar-refractivity contribution in [3.05, 3.63) is 0 Å². The van der Waals surface area contributed by atoms with E-state index in [-0.39, 0.29) is 17.3 Å². The summed E-state index contributed by atoms with van der Waals surface area (Å²) in [5.41, 5.74) is -1.92. The topological polar surface area (TPSA) is 106 Å². The third-order valence-electron chi connectivity index (χ3n) is 7.45. The van der Waals surface area contributed by atoms with Gasteiger partial charge in [0.2, 0.25) is 0 Å². The van der Waals surface area contributed by atoms with E-state index in [0.717, 1.165) is 0 Å². The van der Waals surface area contributed by atoms with Crippen LogP contribution in [0.1, 0.15) is 60.8 Å². The Bertz CT molecular complexity index is 722. The van der Waals surface area contributed by atoms with Crippen molar-refractivity contribution in [2.45, 2.75) is 79.3 Å². The molecule has 3 rings (SSSR count). The number of aliphatic hydroxyl groups is 1. The summed E-state index contributed by atoms with van der Waals surface area (Å²) in [5, 5.41) is 19.7. The lowest BCUT2D eigenvalue weighted by Crippen LogP contribution is -2.44. The highest BCUT2D eigenvalue weighted by atomic mass is 16.6. The average molecular weight is 408 g/mol. The molecule has 3 fully saturated rings. The Kier molecular flexibility index (Phi) is 5.51. The first kappa shape index (κ1) is 22.0. The molecule has 0 aromatic carbocycles. The first-order valence-electron chi connectivity index (χ1n) is 10.5. The van der Waals surface area contributed by atoms with Crippen LogP contribution in [0.5, 0.6) is 0 Å². The summed E-state index contributed by atoms with van der Waals surface area (Å²) in [6.07, 6.45) is -0.305. The molecule has 0 radical (unpaired) electrons. The standard InChI is InChI=1S/C22H33NO6/c1-12(2)8-21(6,20(3,4)5)18(25)27-10-15(24)28-16-13-7-14-17(16)29-19(26)22(14,9-13)11-23/h12-14,16-17,19,26H,7-10H2,1-6H3. The van der Waals surface area contributed by atoms with E-state index in [0.29, 0.717) is 25.2 Å². The fourth-order valence-electron chi connectivity index (χ4n) is 5.44. The third-order valence-corrected chi connectivity index (χ3v) is 7.45. The van der Waals surface area contributed by atoms with Gasteiger partial charge in [-0.15, -0.1) is 0 Å². The Morgan fingerprint density at radius 1 is 1.31 bits per heavy atom. The van der Waals surface area contributed by atoms with Gasteiger partial charge in [0.1, 0.15) is 17.6 Å². The SMILES string of the molecule is CC(C)CC(C)(C(=O)OCC(=O)OC1C2CC3C1OC(O)C3(C#N)C2)C(C)(C)C. The average Bonchev–Trinajstić information content (AvgIpc) is 3.20. The second-order valence-corrected chi connectivity index (χ2v) is 10.6. The number of carbonyl (C=O) groups is 2. The summed E-state index contributed by atoms with van der Waals surface area (Å²) in [6.45, 7) is 11.5. The molecule has 1 aliphatic heterocycles. The quantitative estimate of drug-likeness (QED) is 0.675. The maximum atomic E-state index is 12.8. The van der Waals surface area contributed by atoms with Crippen molar-refractivity contribution >= 4 is 11.9 Å². The van der Waals surface area contributed by atoms with Gasteiger partial charge >= 0.3 is 11.9 Å². The molecule has 0 amide bonds. The van der Waals surface area contributed by atoms with Crippen LogP contribution in [0.3, 0.4) is 0 Å². The number of rotatable bonds is 6. The molecule has 7 atom stereocenters. The molecule has 2 saturated carbocycles. The highest BCUT2D eigenvalue weighted by Gasteiger charge is 2.71. The van der Waals surface area contributed by atoms with Crippen molar-refractivity contribution in [2.24, 2.45) is 34.0 Å². The molecule has 3 aliphatic rings. The van der Waals surface area contributed by atoms with E-state index < -0.39 is 47.9 Å². The number of ether oxygens (including phenoxy) is 3. The van der Waals surface area contributed by atoms with Crippen molar-refractivity contribution in [3.63, 3.8) is 0 Å². The molecule has 0 aromatic rings. The number of esters is 2. The fraction of sp³-hybridized carbons (Fsp3) is 0.864. The van der Waals surface area contributed by atoms with Crippen LogP contribution in [0.4, 0.5) is 0 Å². The van der Waals surface area contributed by atoms with Crippen LogP contribution in [-0.2, 0) is 23.8 Å². The summed E-state index contributed by atoms with van der Waals surface area (Å²) in [5.74, 6) is -0.853. The summed E-state index contributed by atoms with van der Waals surface area (Å²) < 4.78 is 16.5. The fourth-order valence-corrected chi connectivity index (χ4v) is 5.44. The summed E-state index contributed by atoms with van der Waals surface area (Å²) in [6, 6.07) is 2.23. The van der Waals surface area contributed by atoms with E-state index in [1.165, 1.54) is 0 Å². The van der Waals surface area contributed by atoms with Crippen molar-refractivity contribution in [3.8, 4) is 6.07 Å². The number of nitrogens with zero attached hydrogens (tertiary/aromatic N) is 1. The van der Waals surface area contributed by atoms with Crippen LogP contribution >= 0.6 is 0 Å². The largest absolute Gasteiger partial charge is 0.457 e. The molecule has 2 aliphatic carbocycles. The second kappa shape index (κ2) is 7.24. The lowest BCUT2D eigenvalue weighted by atomic mass is 9.64. The van der Waals surface area contributed by atoms with Gasteiger partial charge in [0.05, 0.1) is 11.5 Å². The van der Waals surface area contributed by atoms with Crippen molar-refractivity contribution in [1.82, 2.24) is 0 Å². The van der Waals surface area contributed by atoms with Gasteiger partial charge < -0.3 is 19.3 Å². The molecule has 7 unspecified atom stereocenters. The number of carbonyl (C=O) groups excluding carboxylic acids is 2. The molecule has 1 heterocycles. The highest BCUT2D eigenvalue weighted by Crippen LogP contribution is 2.63. The Balaban J connectivity index is 1.59. The van der Waals surface area contributed by atoms with E-state index in [9.17, 15) is 20.0 Å². The molecule has 1 N–H and O–H groups in total. The van der Waals surface area contributed by atoms with Gasteiger partial charge in [-0.3, -0.25) is 4.79 Å². The van der Waals surface area contributed by atoms with Crippen molar-refractivity contribution in [1.29, 1.82) is 5.26 Å². The number of aliphatic hydroxyl groups excluding tert-OH is 1. The lowest BCUT2D eigenvalue weighted by Gasteiger charge is -2.40. The minimum Gasteiger partial charge on any atom is -0.457 e. The molecule has 0 spiro atoms. The second-order valence-electron chi connectivity index (χ2n) is 10.6. The van der Waals surface area contributed by atoms with E-state index in [2.05, 4.69) is 19.9 Å². The molecule has 29 heavy (non-hydrogen) atoms. The lowest BCUT2D eigenvalue weighted by molar-refractivity contribution is -0.179. The molecule has 7 nitrogen and oxygen atoms in total. The summed E-state index contributed by atoms with van der Waals surface area (Å²) >= 11 is 0. The van der Waals surface area contributed by atoms with Gasteiger partial charge in [-0.2, -0.15) is 5.26 Å². The zero-order valence-electron chi connectivity index (χ0n) is 18.2. The van der Waals surface area contributed by atoms with Crippen LogP contribution in [-0.4, -0.2) is 42.1 Å². The molecule has 0 aromatic heterocycles. The molecule has 2 bridgehead atoms. The third kappa shape index (κ3) is 3.44. The predicted molar refractivity (Wildman–Crippen MR) is 103 cm³/mol. The Labute approximate surface area is 172 Å². The van der Waals surface area contributed by atoms with Gasteiger partial charge in [-0.25, -0.2) is 4.79 Å². The van der Waals surface area contributed by atoms with Gasteiger partial charge in [-0.05, 0) is 37.5 Å². The van der Waals surface area contributed by atoms with Crippen LogP contribution in [0.25, 0.3) is 0 Å². The monoisotopic (exact) mass is 407 g/mol. The Morgan fingerprint density at radius 2 is 1.97 bits per heavy atom. The molecule has 1 saturated heterocycles. The summed E-state index contributed by atoms with van der Waals surface area (Å²) in [4.78, 5) is 25.2. The molecule has 162 valence electrons. The Morgan fingerprint density at radius 3 is 2.52 bits per heavy atom. The first-order valence-corrected chi connectivity index (χ1v) is 10.5. The first-order chi connectivity index (χ1) is 13.4. The molecular weight excluding hydrogens is 374 g/mol. The van der Waals surface area contributed by atoms with Crippen molar-refractivity contribution in [2.75, 3.05) is 6.61 Å². The molecular formula is C22H33NO6. The normalized spacial score (nSPS) is 37.3. The zero-order valence-corrected chi connectivity index (χ0v) is 18.2. The maximum absolute atomic E-state index is 12.8. The van der Waals surface area contributed by atoms with E-state index in [1.54, 1.807) is 0 Å². The highest BCUT2D eigenvalue weighted by molar-refractivity contribution is 5.81. The smallest absolute Gasteiger partial charge is 0.344 e. The van der Waals surface area contributed by atoms with Gasteiger partial charge in [0, 0.05) is 11.8 Å².